The van der Waals surface area contributed by atoms with Gasteiger partial charge in [-0.25, -0.2) is 4.39 Å². The fraction of sp³-hybridized carbons (Fsp3) is 0.481. The van der Waals surface area contributed by atoms with Gasteiger partial charge in [0.2, 0.25) is 11.8 Å². The second kappa shape index (κ2) is 11.3. The number of anilines is 2. The molecule has 1 fully saturated rings. The Morgan fingerprint density at radius 1 is 1.06 bits per heavy atom. The summed E-state index contributed by atoms with van der Waals surface area (Å²) >= 11 is 0. The van der Waals surface area contributed by atoms with E-state index in [-0.39, 0.29) is 35.4 Å². The van der Waals surface area contributed by atoms with Crippen LogP contribution in [0.25, 0.3) is 0 Å². The van der Waals surface area contributed by atoms with Gasteiger partial charge in [-0.05, 0) is 56.4 Å². The monoisotopic (exact) mass is 453 g/mol. The van der Waals surface area contributed by atoms with E-state index in [4.69, 9.17) is 0 Å². The number of nitrogens with one attached hydrogen (secondary N) is 1. The quantitative estimate of drug-likeness (QED) is 0.591. The molecule has 1 saturated heterocycles. The van der Waals surface area contributed by atoms with E-state index in [2.05, 4.69) is 5.32 Å². The van der Waals surface area contributed by atoms with E-state index in [0.717, 1.165) is 18.4 Å². The van der Waals surface area contributed by atoms with Gasteiger partial charge >= 0.3 is 0 Å². The fourth-order valence-electron chi connectivity index (χ4n) is 4.61. The minimum Gasteiger partial charge on any atom is -0.369 e. The molecule has 2 aromatic rings. The number of piperidine rings is 1. The Morgan fingerprint density at radius 3 is 2.24 bits per heavy atom. The zero-order valence-electron chi connectivity index (χ0n) is 20.2. The number of carbonyl (C=O) groups excluding carboxylic acids is 2. The van der Waals surface area contributed by atoms with Crippen LogP contribution in [0.3, 0.4) is 0 Å². The molecule has 1 N–H and O–H groups in total. The third-order valence-corrected chi connectivity index (χ3v) is 6.59. The van der Waals surface area contributed by atoms with Crippen LogP contribution in [0.2, 0.25) is 0 Å². The summed E-state index contributed by atoms with van der Waals surface area (Å²) in [6.45, 7) is 10.4. The van der Waals surface area contributed by atoms with Crippen molar-refractivity contribution in [3.05, 3.63) is 59.9 Å². The van der Waals surface area contributed by atoms with E-state index in [9.17, 15) is 14.0 Å². The first kappa shape index (κ1) is 24.7. The summed E-state index contributed by atoms with van der Waals surface area (Å²) in [5.41, 5.74) is 2.07. The lowest BCUT2D eigenvalue weighted by molar-refractivity contribution is -0.134. The van der Waals surface area contributed by atoms with Gasteiger partial charge in [0.1, 0.15) is 5.82 Å². The third-order valence-electron chi connectivity index (χ3n) is 6.59. The summed E-state index contributed by atoms with van der Waals surface area (Å²) in [6.07, 6.45) is 1.63. The van der Waals surface area contributed by atoms with E-state index in [1.165, 1.54) is 6.07 Å². The molecule has 0 aromatic heterocycles. The molecule has 1 atom stereocenters. The molecule has 1 aliphatic heterocycles. The number of hydrogen-bond acceptors (Lipinski definition) is 3. The standard InChI is InChI=1S/C27H36FN3O2/c1-5-30(6-2)27(33)25(20-10-8-7-9-11-20)21-14-16-31(17-15-21)24-13-12-22(18-23(24)28)29-26(32)19(3)4/h7-13,18-19,21,25H,5-6,14-17H2,1-4H3,(H,29,32). The van der Waals surface area contributed by atoms with Gasteiger partial charge in [0.25, 0.3) is 0 Å². The molecule has 0 saturated carbocycles. The van der Waals surface area contributed by atoms with Crippen LogP contribution in [0.1, 0.15) is 52.0 Å². The predicted molar refractivity (Wildman–Crippen MR) is 132 cm³/mol. The van der Waals surface area contributed by atoms with Crippen LogP contribution in [0.5, 0.6) is 0 Å². The van der Waals surface area contributed by atoms with Crippen molar-refractivity contribution in [2.45, 2.75) is 46.5 Å². The van der Waals surface area contributed by atoms with Crippen molar-refractivity contribution >= 4 is 23.2 Å². The average molecular weight is 454 g/mol. The minimum atomic E-state index is -0.339. The third kappa shape index (κ3) is 5.92. The van der Waals surface area contributed by atoms with E-state index in [1.54, 1.807) is 26.0 Å². The van der Waals surface area contributed by atoms with Crippen molar-refractivity contribution < 1.29 is 14.0 Å². The van der Waals surface area contributed by atoms with Crippen molar-refractivity contribution in [3.8, 4) is 0 Å². The number of benzene rings is 2. The van der Waals surface area contributed by atoms with Crippen molar-refractivity contribution in [1.82, 2.24) is 4.90 Å². The lowest BCUT2D eigenvalue weighted by Gasteiger charge is -2.38. The summed E-state index contributed by atoms with van der Waals surface area (Å²) in [6, 6.07) is 14.9. The predicted octanol–water partition coefficient (Wildman–Crippen LogP) is 5.29. The molecule has 0 spiro atoms. The molecule has 0 bridgehead atoms. The molecular formula is C27H36FN3O2. The van der Waals surface area contributed by atoms with E-state index in [1.807, 2.05) is 54.0 Å². The van der Waals surface area contributed by atoms with Crippen LogP contribution in [-0.2, 0) is 9.59 Å². The van der Waals surface area contributed by atoms with E-state index < -0.39 is 0 Å². The lowest BCUT2D eigenvalue weighted by atomic mass is 9.79. The SMILES string of the molecule is CCN(CC)C(=O)C(c1ccccc1)C1CCN(c2ccc(NC(=O)C(C)C)cc2F)CC1. The average Bonchev–Trinajstić information content (AvgIpc) is 2.81. The first-order valence-corrected chi connectivity index (χ1v) is 12.0. The Labute approximate surface area is 197 Å². The lowest BCUT2D eigenvalue weighted by Crippen LogP contribution is -2.42. The molecule has 5 nitrogen and oxygen atoms in total. The van der Waals surface area contributed by atoms with Gasteiger partial charge in [0.05, 0.1) is 11.6 Å². The van der Waals surface area contributed by atoms with Crippen LogP contribution in [0.4, 0.5) is 15.8 Å². The molecule has 0 aliphatic carbocycles. The number of amides is 2. The molecule has 3 rings (SSSR count). The van der Waals surface area contributed by atoms with Crippen LogP contribution in [-0.4, -0.2) is 42.9 Å². The molecule has 1 heterocycles. The minimum absolute atomic E-state index is 0.132. The van der Waals surface area contributed by atoms with Crippen LogP contribution in [0.15, 0.2) is 48.5 Å². The highest BCUT2D eigenvalue weighted by Crippen LogP contribution is 2.36. The first-order valence-electron chi connectivity index (χ1n) is 12.0. The summed E-state index contributed by atoms with van der Waals surface area (Å²) in [5.74, 6) is -0.415. The van der Waals surface area contributed by atoms with Gasteiger partial charge in [0.15, 0.2) is 0 Å². The highest BCUT2D eigenvalue weighted by molar-refractivity contribution is 5.92. The number of nitrogens with zero attached hydrogens (tertiary/aromatic N) is 2. The maximum Gasteiger partial charge on any atom is 0.230 e. The maximum atomic E-state index is 14.9. The Bertz CT molecular complexity index is 936. The molecule has 6 heteroatoms. The Hall–Kier alpha value is -2.89. The summed E-state index contributed by atoms with van der Waals surface area (Å²) in [5, 5.41) is 2.75. The molecule has 1 unspecified atom stereocenters. The summed E-state index contributed by atoms with van der Waals surface area (Å²) < 4.78 is 14.9. The molecule has 2 amide bonds. The maximum absolute atomic E-state index is 14.9. The normalized spacial score (nSPS) is 15.4. The fourth-order valence-corrected chi connectivity index (χ4v) is 4.61. The molecule has 33 heavy (non-hydrogen) atoms. The number of hydrogen-bond donors (Lipinski definition) is 1. The second-order valence-corrected chi connectivity index (χ2v) is 9.03. The molecule has 2 aromatic carbocycles. The highest BCUT2D eigenvalue weighted by Gasteiger charge is 2.35. The number of carbonyl (C=O) groups is 2. The Balaban J connectivity index is 1.73. The summed E-state index contributed by atoms with van der Waals surface area (Å²) in [4.78, 5) is 29.3. The van der Waals surface area contributed by atoms with Crippen molar-refractivity contribution in [2.24, 2.45) is 11.8 Å². The van der Waals surface area contributed by atoms with Crippen molar-refractivity contribution in [3.63, 3.8) is 0 Å². The van der Waals surface area contributed by atoms with Gasteiger partial charge in [0, 0.05) is 37.8 Å². The van der Waals surface area contributed by atoms with Crippen LogP contribution < -0.4 is 10.2 Å². The molecule has 178 valence electrons. The molecule has 0 radical (unpaired) electrons. The van der Waals surface area contributed by atoms with Gasteiger partial charge in [-0.2, -0.15) is 0 Å². The smallest absolute Gasteiger partial charge is 0.230 e. The van der Waals surface area contributed by atoms with Gasteiger partial charge < -0.3 is 15.1 Å². The molecule has 1 aliphatic rings. The largest absolute Gasteiger partial charge is 0.369 e. The summed E-state index contributed by atoms with van der Waals surface area (Å²) in [7, 11) is 0. The van der Waals surface area contributed by atoms with Gasteiger partial charge in [-0.15, -0.1) is 0 Å². The van der Waals surface area contributed by atoms with E-state index in [0.29, 0.717) is 37.6 Å². The Morgan fingerprint density at radius 2 is 1.70 bits per heavy atom. The Kier molecular flexibility index (Phi) is 8.48. The topological polar surface area (TPSA) is 52.7 Å². The second-order valence-electron chi connectivity index (χ2n) is 9.03. The number of halogens is 1. The van der Waals surface area contributed by atoms with Crippen molar-refractivity contribution in [2.75, 3.05) is 36.4 Å². The van der Waals surface area contributed by atoms with Crippen LogP contribution in [0, 0.1) is 17.7 Å². The molecular weight excluding hydrogens is 417 g/mol. The van der Waals surface area contributed by atoms with Gasteiger partial charge in [-0.1, -0.05) is 44.2 Å². The van der Waals surface area contributed by atoms with Crippen LogP contribution >= 0.6 is 0 Å². The van der Waals surface area contributed by atoms with Crippen molar-refractivity contribution in [1.29, 1.82) is 0 Å². The van der Waals surface area contributed by atoms with Gasteiger partial charge in [-0.3, -0.25) is 9.59 Å². The zero-order chi connectivity index (χ0) is 24.0. The number of rotatable bonds is 8. The highest BCUT2D eigenvalue weighted by atomic mass is 19.1. The van der Waals surface area contributed by atoms with E-state index >= 15 is 0 Å². The first-order chi connectivity index (χ1) is 15.8. The number of likely N-dealkylation sites (N-methyl/N-ethyl adjacent to an activating group) is 1. The zero-order valence-corrected chi connectivity index (χ0v) is 20.2.